The van der Waals surface area contributed by atoms with Crippen molar-refractivity contribution in [1.82, 2.24) is 20.4 Å². The molecule has 0 amide bonds. The summed E-state index contributed by atoms with van der Waals surface area (Å²) in [5.41, 5.74) is 3.16. The molecule has 17 heavy (non-hydrogen) atoms. The topological polar surface area (TPSA) is 69.4 Å². The van der Waals surface area contributed by atoms with Gasteiger partial charge in [0.2, 0.25) is 0 Å². The summed E-state index contributed by atoms with van der Waals surface area (Å²) >= 11 is 0. The SMILES string of the molecule is CC(Nc1cccc2[nH]ncc12)c1ccn[nH]1. The number of nitrogens with zero attached hydrogens (tertiary/aromatic N) is 2. The molecule has 0 aliphatic heterocycles. The number of anilines is 1. The molecular weight excluding hydrogens is 214 g/mol. The van der Waals surface area contributed by atoms with Crippen molar-refractivity contribution in [3.63, 3.8) is 0 Å². The summed E-state index contributed by atoms with van der Waals surface area (Å²) in [6.45, 7) is 2.09. The number of rotatable bonds is 3. The molecule has 0 aliphatic rings. The van der Waals surface area contributed by atoms with Crippen LogP contribution in [0.4, 0.5) is 5.69 Å². The Morgan fingerprint density at radius 3 is 2.94 bits per heavy atom. The summed E-state index contributed by atoms with van der Waals surface area (Å²) in [7, 11) is 0. The Labute approximate surface area is 98.2 Å². The maximum atomic E-state index is 4.05. The van der Waals surface area contributed by atoms with Crippen LogP contribution in [0, 0.1) is 0 Å². The Bertz CT molecular complexity index is 611. The maximum absolute atomic E-state index is 4.05. The van der Waals surface area contributed by atoms with Gasteiger partial charge in [-0.25, -0.2) is 0 Å². The molecule has 3 aromatic rings. The minimum Gasteiger partial charge on any atom is -0.376 e. The third kappa shape index (κ3) is 1.75. The fraction of sp³-hybridized carbons (Fsp3) is 0.167. The molecule has 0 spiro atoms. The molecule has 1 aromatic carbocycles. The van der Waals surface area contributed by atoms with Crippen molar-refractivity contribution in [2.45, 2.75) is 13.0 Å². The lowest BCUT2D eigenvalue weighted by molar-refractivity contribution is 0.827. The largest absolute Gasteiger partial charge is 0.376 e. The van der Waals surface area contributed by atoms with Gasteiger partial charge in [-0.2, -0.15) is 10.2 Å². The van der Waals surface area contributed by atoms with Crippen molar-refractivity contribution in [2.75, 3.05) is 5.32 Å². The normalized spacial score (nSPS) is 12.8. The Hall–Kier alpha value is -2.30. The molecule has 2 aromatic heterocycles. The first-order valence-corrected chi connectivity index (χ1v) is 5.52. The first-order valence-electron chi connectivity index (χ1n) is 5.52. The fourth-order valence-corrected chi connectivity index (χ4v) is 1.91. The highest BCUT2D eigenvalue weighted by Crippen LogP contribution is 2.24. The highest BCUT2D eigenvalue weighted by Gasteiger charge is 2.08. The zero-order valence-electron chi connectivity index (χ0n) is 9.44. The van der Waals surface area contributed by atoms with Crippen LogP contribution in [-0.4, -0.2) is 20.4 Å². The van der Waals surface area contributed by atoms with Gasteiger partial charge >= 0.3 is 0 Å². The van der Waals surface area contributed by atoms with E-state index in [1.807, 2.05) is 30.5 Å². The predicted molar refractivity (Wildman–Crippen MR) is 66.7 cm³/mol. The molecule has 86 valence electrons. The molecule has 0 fully saturated rings. The van der Waals surface area contributed by atoms with Crippen LogP contribution in [0.25, 0.3) is 10.9 Å². The van der Waals surface area contributed by atoms with E-state index in [2.05, 4.69) is 32.6 Å². The molecule has 0 aliphatic carbocycles. The number of hydrogen-bond acceptors (Lipinski definition) is 3. The third-order valence-electron chi connectivity index (χ3n) is 2.85. The van der Waals surface area contributed by atoms with Gasteiger partial charge in [-0.3, -0.25) is 10.2 Å². The van der Waals surface area contributed by atoms with Crippen LogP contribution in [0.2, 0.25) is 0 Å². The van der Waals surface area contributed by atoms with Crippen LogP contribution in [0.5, 0.6) is 0 Å². The van der Waals surface area contributed by atoms with Crippen LogP contribution >= 0.6 is 0 Å². The minimum atomic E-state index is 0.179. The molecule has 2 heterocycles. The van der Waals surface area contributed by atoms with Crippen molar-refractivity contribution < 1.29 is 0 Å². The summed E-state index contributed by atoms with van der Waals surface area (Å²) in [6, 6.07) is 8.20. The molecule has 3 N–H and O–H groups in total. The van der Waals surface area contributed by atoms with Gasteiger partial charge in [0.15, 0.2) is 0 Å². The first kappa shape index (κ1) is 9.89. The number of H-pyrrole nitrogens is 2. The summed E-state index contributed by atoms with van der Waals surface area (Å²) in [4.78, 5) is 0. The van der Waals surface area contributed by atoms with Gasteiger partial charge in [-0.1, -0.05) is 6.07 Å². The smallest absolute Gasteiger partial charge is 0.0671 e. The van der Waals surface area contributed by atoms with Gasteiger partial charge in [0.05, 0.1) is 23.4 Å². The van der Waals surface area contributed by atoms with Gasteiger partial charge in [0, 0.05) is 17.3 Å². The number of aromatic amines is 2. The van der Waals surface area contributed by atoms with E-state index in [1.54, 1.807) is 6.20 Å². The molecule has 5 nitrogen and oxygen atoms in total. The molecular formula is C12H13N5. The summed E-state index contributed by atoms with van der Waals surface area (Å²) in [5.74, 6) is 0. The van der Waals surface area contributed by atoms with Crippen LogP contribution < -0.4 is 5.32 Å². The van der Waals surface area contributed by atoms with Crippen molar-refractivity contribution in [2.24, 2.45) is 0 Å². The zero-order valence-corrected chi connectivity index (χ0v) is 9.44. The predicted octanol–water partition coefficient (Wildman–Crippen LogP) is 2.46. The number of fused-ring (bicyclic) bond motifs is 1. The van der Waals surface area contributed by atoms with E-state index in [0.717, 1.165) is 22.3 Å². The van der Waals surface area contributed by atoms with E-state index in [-0.39, 0.29) is 6.04 Å². The van der Waals surface area contributed by atoms with Crippen LogP contribution in [0.15, 0.2) is 36.7 Å². The van der Waals surface area contributed by atoms with Gasteiger partial charge < -0.3 is 5.32 Å². The van der Waals surface area contributed by atoms with E-state index in [0.29, 0.717) is 0 Å². The molecule has 1 unspecified atom stereocenters. The Morgan fingerprint density at radius 2 is 2.12 bits per heavy atom. The molecule has 0 saturated carbocycles. The lowest BCUT2D eigenvalue weighted by Gasteiger charge is -2.14. The van der Waals surface area contributed by atoms with Crippen molar-refractivity contribution >= 4 is 16.6 Å². The van der Waals surface area contributed by atoms with E-state index >= 15 is 0 Å². The van der Waals surface area contributed by atoms with E-state index in [9.17, 15) is 0 Å². The number of aromatic nitrogens is 4. The molecule has 0 saturated heterocycles. The van der Waals surface area contributed by atoms with Crippen LogP contribution in [0.1, 0.15) is 18.7 Å². The lowest BCUT2D eigenvalue weighted by Crippen LogP contribution is -2.07. The summed E-state index contributed by atoms with van der Waals surface area (Å²) in [6.07, 6.45) is 3.59. The van der Waals surface area contributed by atoms with Gasteiger partial charge in [0.1, 0.15) is 0 Å². The van der Waals surface area contributed by atoms with E-state index in [1.165, 1.54) is 0 Å². The zero-order chi connectivity index (χ0) is 11.7. The van der Waals surface area contributed by atoms with Gasteiger partial charge in [-0.05, 0) is 25.1 Å². The van der Waals surface area contributed by atoms with Crippen molar-refractivity contribution in [3.8, 4) is 0 Å². The van der Waals surface area contributed by atoms with Crippen LogP contribution in [0.3, 0.4) is 0 Å². The minimum absolute atomic E-state index is 0.179. The molecule has 5 heteroatoms. The quantitative estimate of drug-likeness (QED) is 0.643. The van der Waals surface area contributed by atoms with Crippen molar-refractivity contribution in [3.05, 3.63) is 42.4 Å². The van der Waals surface area contributed by atoms with Gasteiger partial charge in [-0.15, -0.1) is 0 Å². The number of benzene rings is 1. The fourth-order valence-electron chi connectivity index (χ4n) is 1.91. The van der Waals surface area contributed by atoms with Crippen LogP contribution in [-0.2, 0) is 0 Å². The Balaban J connectivity index is 1.92. The highest BCUT2D eigenvalue weighted by atomic mass is 15.1. The van der Waals surface area contributed by atoms with Gasteiger partial charge in [0.25, 0.3) is 0 Å². The summed E-state index contributed by atoms with van der Waals surface area (Å²) < 4.78 is 0. The number of hydrogen-bond donors (Lipinski definition) is 3. The highest BCUT2D eigenvalue weighted by molar-refractivity contribution is 5.90. The molecule has 0 bridgehead atoms. The second kappa shape index (κ2) is 3.93. The van der Waals surface area contributed by atoms with E-state index < -0.39 is 0 Å². The standard InChI is InChI=1S/C12H13N5/c1-8(10-5-6-13-16-10)15-11-3-2-4-12-9(11)7-14-17-12/h2-8,15H,1H3,(H,13,16)(H,14,17). The molecule has 1 atom stereocenters. The van der Waals surface area contributed by atoms with E-state index in [4.69, 9.17) is 0 Å². The second-order valence-corrected chi connectivity index (χ2v) is 4.01. The lowest BCUT2D eigenvalue weighted by atomic mass is 10.2. The molecule has 0 radical (unpaired) electrons. The monoisotopic (exact) mass is 227 g/mol. The summed E-state index contributed by atoms with van der Waals surface area (Å²) in [5, 5.41) is 18.5. The number of nitrogens with one attached hydrogen (secondary N) is 3. The average molecular weight is 227 g/mol. The Kier molecular flexibility index (Phi) is 2.29. The third-order valence-corrected chi connectivity index (χ3v) is 2.85. The first-order chi connectivity index (χ1) is 8.34. The maximum Gasteiger partial charge on any atom is 0.0671 e. The molecule has 3 rings (SSSR count). The Morgan fingerprint density at radius 1 is 1.18 bits per heavy atom. The second-order valence-electron chi connectivity index (χ2n) is 4.01. The van der Waals surface area contributed by atoms with Crippen molar-refractivity contribution in [1.29, 1.82) is 0 Å². The average Bonchev–Trinajstić information content (AvgIpc) is 3.00.